The molecule has 0 heterocycles. The minimum atomic E-state index is -0.421. The van der Waals surface area contributed by atoms with Crippen LogP contribution in [0.4, 0.5) is 5.69 Å². The van der Waals surface area contributed by atoms with Crippen molar-refractivity contribution in [2.45, 2.75) is 19.8 Å². The lowest BCUT2D eigenvalue weighted by Crippen LogP contribution is -2.06. The molecule has 86 valence electrons. The number of Topliss-reactive ketones (excluding diaryl/α,β-unsaturated/α-hetero) is 1. The zero-order valence-electron chi connectivity index (χ0n) is 8.90. The number of ketones is 1. The fraction of sp³-hybridized carbons (Fsp3) is 0.364. The second kappa shape index (κ2) is 5.75. The molecule has 0 aliphatic carbocycles. The summed E-state index contributed by atoms with van der Waals surface area (Å²) in [6.07, 6.45) is 1.01. The minimum absolute atomic E-state index is 0.0727. The summed E-state index contributed by atoms with van der Waals surface area (Å²) in [5.41, 5.74) is 1.81. The Bertz CT molecular complexity index is 418. The molecule has 0 spiro atoms. The minimum Gasteiger partial charge on any atom is -0.298 e. The number of nitro benzene ring substituents is 1. The smallest absolute Gasteiger partial charge is 0.269 e. The molecular weight excluding hydrogens is 274 g/mol. The van der Waals surface area contributed by atoms with Crippen molar-refractivity contribution in [3.8, 4) is 0 Å². The summed E-state index contributed by atoms with van der Waals surface area (Å²) in [7, 11) is 0. The molecule has 0 bridgehead atoms. The lowest BCUT2D eigenvalue weighted by atomic mass is 10.0. The summed E-state index contributed by atoms with van der Waals surface area (Å²) in [6.45, 7) is 1.92. The number of benzene rings is 1. The second-order valence-corrected chi connectivity index (χ2v) is 3.97. The Labute approximate surface area is 102 Å². The molecule has 1 rings (SSSR count). The van der Waals surface area contributed by atoms with Crippen LogP contribution in [0.1, 0.15) is 18.1 Å². The predicted octanol–water partition coefficient (Wildman–Crippen LogP) is 2.66. The van der Waals surface area contributed by atoms with Crippen LogP contribution in [0, 0.1) is 10.1 Å². The predicted molar refractivity (Wildman–Crippen MR) is 65.0 cm³/mol. The van der Waals surface area contributed by atoms with Crippen molar-refractivity contribution in [2.24, 2.45) is 0 Å². The maximum absolute atomic E-state index is 11.3. The fourth-order valence-corrected chi connectivity index (χ4v) is 1.69. The zero-order valence-corrected chi connectivity index (χ0v) is 10.5. The van der Waals surface area contributed by atoms with Gasteiger partial charge in [-0.3, -0.25) is 14.9 Å². The van der Waals surface area contributed by atoms with Gasteiger partial charge in [-0.15, -0.1) is 0 Å². The first-order chi connectivity index (χ1) is 7.58. The summed E-state index contributed by atoms with van der Waals surface area (Å²) >= 11 is 3.10. The SMILES string of the molecule is CCc1cc([N+](=O)[O-])ccc1CC(=O)CBr. The molecule has 0 saturated carbocycles. The average molecular weight is 286 g/mol. The topological polar surface area (TPSA) is 60.2 Å². The van der Waals surface area contributed by atoms with Gasteiger partial charge < -0.3 is 0 Å². The van der Waals surface area contributed by atoms with Gasteiger partial charge in [0.05, 0.1) is 10.3 Å². The first kappa shape index (κ1) is 12.8. The Balaban J connectivity index is 3.02. The summed E-state index contributed by atoms with van der Waals surface area (Å²) in [5, 5.41) is 10.9. The number of rotatable bonds is 5. The van der Waals surface area contributed by atoms with E-state index in [9.17, 15) is 14.9 Å². The van der Waals surface area contributed by atoms with Gasteiger partial charge in [0.1, 0.15) is 5.78 Å². The second-order valence-electron chi connectivity index (χ2n) is 3.41. The highest BCUT2D eigenvalue weighted by molar-refractivity contribution is 9.09. The number of aryl methyl sites for hydroxylation is 1. The van der Waals surface area contributed by atoms with E-state index in [1.165, 1.54) is 12.1 Å². The Kier molecular flexibility index (Phi) is 4.61. The van der Waals surface area contributed by atoms with E-state index in [1.54, 1.807) is 6.07 Å². The van der Waals surface area contributed by atoms with Crippen LogP contribution in [0.25, 0.3) is 0 Å². The maximum atomic E-state index is 11.3. The van der Waals surface area contributed by atoms with Crippen LogP contribution in [0.3, 0.4) is 0 Å². The van der Waals surface area contributed by atoms with E-state index >= 15 is 0 Å². The normalized spacial score (nSPS) is 10.1. The van der Waals surface area contributed by atoms with Crippen molar-refractivity contribution in [1.82, 2.24) is 0 Å². The van der Waals surface area contributed by atoms with E-state index in [2.05, 4.69) is 15.9 Å². The van der Waals surface area contributed by atoms with Crippen LogP contribution < -0.4 is 0 Å². The van der Waals surface area contributed by atoms with E-state index in [0.717, 1.165) is 11.1 Å². The number of halogens is 1. The Morgan fingerprint density at radius 1 is 1.44 bits per heavy atom. The van der Waals surface area contributed by atoms with Crippen molar-refractivity contribution >= 4 is 27.4 Å². The molecule has 0 N–H and O–H groups in total. The third-order valence-corrected chi connectivity index (χ3v) is 2.94. The lowest BCUT2D eigenvalue weighted by Gasteiger charge is -2.05. The Morgan fingerprint density at radius 3 is 2.62 bits per heavy atom. The molecule has 1 aromatic rings. The lowest BCUT2D eigenvalue weighted by molar-refractivity contribution is -0.384. The van der Waals surface area contributed by atoms with E-state index in [0.29, 0.717) is 18.2 Å². The first-order valence-electron chi connectivity index (χ1n) is 4.92. The summed E-state index contributed by atoms with van der Waals surface area (Å²) in [4.78, 5) is 21.5. The van der Waals surface area contributed by atoms with Crippen molar-refractivity contribution in [1.29, 1.82) is 0 Å². The van der Waals surface area contributed by atoms with Gasteiger partial charge in [-0.25, -0.2) is 0 Å². The molecule has 0 aliphatic heterocycles. The number of alkyl halides is 1. The fourth-order valence-electron chi connectivity index (χ4n) is 1.49. The van der Waals surface area contributed by atoms with Crippen LogP contribution in [0.2, 0.25) is 0 Å². The molecule has 16 heavy (non-hydrogen) atoms. The van der Waals surface area contributed by atoms with E-state index in [4.69, 9.17) is 0 Å². The third kappa shape index (κ3) is 3.13. The molecule has 0 aromatic heterocycles. The van der Waals surface area contributed by atoms with Crippen molar-refractivity contribution in [3.63, 3.8) is 0 Å². The van der Waals surface area contributed by atoms with E-state index in [1.807, 2.05) is 6.92 Å². The zero-order chi connectivity index (χ0) is 12.1. The molecule has 1 aromatic carbocycles. The van der Waals surface area contributed by atoms with Gasteiger partial charge in [-0.2, -0.15) is 0 Å². The summed E-state index contributed by atoms with van der Waals surface area (Å²) in [6, 6.07) is 4.64. The van der Waals surface area contributed by atoms with Crippen LogP contribution in [0.5, 0.6) is 0 Å². The standard InChI is InChI=1S/C11H12BrNO3/c1-2-8-5-10(13(15)16)4-3-9(8)6-11(14)7-12/h3-5H,2,6-7H2,1H3. The number of hydrogen-bond donors (Lipinski definition) is 0. The molecule has 0 saturated heterocycles. The summed E-state index contributed by atoms with van der Waals surface area (Å²) in [5.74, 6) is 0.0727. The molecule has 0 atom stereocenters. The molecular formula is C11H12BrNO3. The molecule has 0 aliphatic rings. The van der Waals surface area contributed by atoms with Crippen LogP contribution in [-0.2, 0) is 17.6 Å². The van der Waals surface area contributed by atoms with Crippen LogP contribution in [-0.4, -0.2) is 16.0 Å². The summed E-state index contributed by atoms with van der Waals surface area (Å²) < 4.78 is 0. The number of nitrogens with zero attached hydrogens (tertiary/aromatic N) is 1. The number of hydrogen-bond acceptors (Lipinski definition) is 3. The van der Waals surface area contributed by atoms with Crippen LogP contribution in [0.15, 0.2) is 18.2 Å². The molecule has 0 radical (unpaired) electrons. The molecule has 0 unspecified atom stereocenters. The van der Waals surface area contributed by atoms with Gasteiger partial charge in [0, 0.05) is 18.6 Å². The van der Waals surface area contributed by atoms with E-state index < -0.39 is 4.92 Å². The third-order valence-electron chi connectivity index (χ3n) is 2.32. The molecule has 4 nitrogen and oxygen atoms in total. The van der Waals surface area contributed by atoms with Crippen molar-refractivity contribution in [2.75, 3.05) is 5.33 Å². The largest absolute Gasteiger partial charge is 0.298 e. The quantitative estimate of drug-likeness (QED) is 0.475. The van der Waals surface area contributed by atoms with Crippen LogP contribution >= 0.6 is 15.9 Å². The monoisotopic (exact) mass is 285 g/mol. The Hall–Kier alpha value is -1.23. The number of nitro groups is 1. The van der Waals surface area contributed by atoms with Gasteiger partial charge in [0.25, 0.3) is 5.69 Å². The van der Waals surface area contributed by atoms with Gasteiger partial charge in [0.15, 0.2) is 0 Å². The highest BCUT2D eigenvalue weighted by atomic mass is 79.9. The number of carbonyl (C=O) groups is 1. The average Bonchev–Trinajstić information content (AvgIpc) is 2.29. The molecule has 5 heteroatoms. The number of non-ortho nitro benzene ring substituents is 1. The van der Waals surface area contributed by atoms with Gasteiger partial charge in [-0.1, -0.05) is 28.9 Å². The van der Waals surface area contributed by atoms with Crippen molar-refractivity contribution in [3.05, 3.63) is 39.4 Å². The first-order valence-corrected chi connectivity index (χ1v) is 6.04. The maximum Gasteiger partial charge on any atom is 0.269 e. The molecule has 0 amide bonds. The van der Waals surface area contributed by atoms with Gasteiger partial charge in [0.2, 0.25) is 0 Å². The Morgan fingerprint density at radius 2 is 2.12 bits per heavy atom. The highest BCUT2D eigenvalue weighted by Gasteiger charge is 2.11. The highest BCUT2D eigenvalue weighted by Crippen LogP contribution is 2.19. The van der Waals surface area contributed by atoms with Crippen molar-refractivity contribution < 1.29 is 9.72 Å². The van der Waals surface area contributed by atoms with Gasteiger partial charge >= 0.3 is 0 Å². The number of carbonyl (C=O) groups excluding carboxylic acids is 1. The van der Waals surface area contributed by atoms with Gasteiger partial charge in [-0.05, 0) is 17.5 Å². The molecule has 0 fully saturated rings. The van der Waals surface area contributed by atoms with E-state index in [-0.39, 0.29) is 11.5 Å².